The molecular formula is C87H80N2O2. The highest BCUT2D eigenvalue weighted by atomic mass is 16.5. The average molecular weight is 1190 g/mol. The molecule has 0 saturated carbocycles. The van der Waals surface area contributed by atoms with Crippen LogP contribution >= 0.6 is 0 Å². The van der Waals surface area contributed by atoms with Gasteiger partial charge in [-0.3, -0.25) is 0 Å². The topological polar surface area (TPSA) is 28.9 Å². The lowest BCUT2D eigenvalue weighted by molar-refractivity contribution is 0.481. The fourth-order valence-corrected chi connectivity index (χ4v) is 13.9. The molecule has 13 aromatic rings. The van der Waals surface area contributed by atoms with E-state index in [0.717, 1.165) is 117 Å². The normalized spacial score (nSPS) is 14.2. The summed E-state index contributed by atoms with van der Waals surface area (Å²) in [5, 5.41) is 4.36. The van der Waals surface area contributed by atoms with Gasteiger partial charge in [0, 0.05) is 39.1 Å². The number of hydrogen-bond acceptors (Lipinski definition) is 4. The highest BCUT2D eigenvalue weighted by Gasteiger charge is 2.50. The lowest BCUT2D eigenvalue weighted by atomic mass is 9.67. The molecule has 0 N–H and O–H groups in total. The molecular weight excluding hydrogens is 1100 g/mol. The molecule has 0 fully saturated rings. The zero-order valence-electron chi connectivity index (χ0n) is 54.6. The predicted octanol–water partition coefficient (Wildman–Crippen LogP) is 24.7. The van der Waals surface area contributed by atoms with Crippen molar-refractivity contribution in [2.45, 2.75) is 110 Å². The first-order chi connectivity index (χ1) is 43.6. The smallest absolute Gasteiger partial charge is 0.145 e. The Bertz CT molecular complexity index is 4800. The van der Waals surface area contributed by atoms with Crippen LogP contribution in [0.15, 0.2) is 271 Å². The number of benzene rings is 12. The Morgan fingerprint density at radius 3 is 1.15 bits per heavy atom. The molecule has 1 unspecified atom stereocenters. The summed E-state index contributed by atoms with van der Waals surface area (Å²) in [7, 11) is 0. The van der Waals surface area contributed by atoms with Crippen molar-refractivity contribution < 1.29 is 9.15 Å². The maximum Gasteiger partial charge on any atom is 0.145 e. The van der Waals surface area contributed by atoms with Crippen molar-refractivity contribution in [2.24, 2.45) is 0 Å². The largest absolute Gasteiger partial charge is 0.457 e. The zero-order valence-corrected chi connectivity index (χ0v) is 54.6. The van der Waals surface area contributed by atoms with E-state index in [1.165, 1.54) is 27.8 Å². The quantitative estimate of drug-likeness (QED) is 0.129. The first kappa shape index (κ1) is 58.8. The van der Waals surface area contributed by atoms with Gasteiger partial charge in [0.15, 0.2) is 0 Å². The van der Waals surface area contributed by atoms with Gasteiger partial charge in [-0.2, -0.15) is 0 Å². The summed E-state index contributed by atoms with van der Waals surface area (Å²) in [6, 6.07) is 98.9. The van der Waals surface area contributed by atoms with Gasteiger partial charge in [-0.05, 0) is 179 Å². The van der Waals surface area contributed by atoms with E-state index in [1.54, 1.807) is 0 Å². The number of anilines is 6. The molecule has 1 aromatic heterocycles. The first-order valence-electron chi connectivity index (χ1n) is 32.2. The molecule has 0 radical (unpaired) electrons. The Kier molecular flexibility index (Phi) is 14.4. The van der Waals surface area contributed by atoms with E-state index >= 15 is 0 Å². The van der Waals surface area contributed by atoms with Crippen LogP contribution in [0.4, 0.5) is 34.1 Å². The van der Waals surface area contributed by atoms with Gasteiger partial charge in [-0.15, -0.1) is 0 Å². The third kappa shape index (κ3) is 10.5. The van der Waals surface area contributed by atoms with Gasteiger partial charge >= 0.3 is 0 Å². The molecule has 12 aromatic carbocycles. The molecule has 0 aliphatic heterocycles. The second-order valence-electron chi connectivity index (χ2n) is 29.0. The summed E-state index contributed by atoms with van der Waals surface area (Å²) < 4.78 is 14.4. The van der Waals surface area contributed by atoms with E-state index < -0.39 is 5.41 Å². The van der Waals surface area contributed by atoms with Crippen molar-refractivity contribution in [3.8, 4) is 33.8 Å². The highest BCUT2D eigenvalue weighted by Crippen LogP contribution is 2.64. The Hall–Kier alpha value is -9.90. The molecule has 1 heterocycles. The molecule has 0 amide bonds. The Balaban J connectivity index is 1.12. The number of hydrogen-bond donors (Lipinski definition) is 0. The van der Waals surface area contributed by atoms with E-state index in [-0.39, 0.29) is 21.7 Å². The van der Waals surface area contributed by atoms with Crippen LogP contribution in [0.25, 0.3) is 55.0 Å². The van der Waals surface area contributed by atoms with E-state index in [0.29, 0.717) is 0 Å². The number of rotatable bonds is 11. The summed E-state index contributed by atoms with van der Waals surface area (Å²) in [6.07, 6.45) is 0. The van der Waals surface area contributed by atoms with Crippen molar-refractivity contribution in [1.82, 2.24) is 0 Å². The fraction of sp³-hybridized carbons (Fsp3) is 0.195. The molecule has 450 valence electrons. The van der Waals surface area contributed by atoms with Crippen LogP contribution < -0.4 is 14.5 Å². The SMILES string of the molecule is CC(C)(C)c1ccc(Oc2ccc(C3(c4ccc(-c5ccc(C(C)(C)C)cc5)cc4)c4cc(N(c5ccccc5)c5ccc(C(C)(C)C)cc5)c5ccccc5c4-c4c3cc(N(c3ccccc3)c3ccc(C(C)(C)C)cc3)c3c4oc4ccccc43)cc2)cc1. The predicted molar refractivity (Wildman–Crippen MR) is 385 cm³/mol. The molecule has 1 aliphatic rings. The van der Waals surface area contributed by atoms with Gasteiger partial charge in [0.05, 0.1) is 22.2 Å². The third-order valence-corrected chi connectivity index (χ3v) is 18.8. The summed E-state index contributed by atoms with van der Waals surface area (Å²) in [5.74, 6) is 1.55. The summed E-state index contributed by atoms with van der Waals surface area (Å²) in [5.41, 5.74) is 21.1. The Morgan fingerprint density at radius 1 is 0.319 bits per heavy atom. The Labute approximate surface area is 538 Å². The minimum absolute atomic E-state index is 0.0144. The molecule has 1 aliphatic carbocycles. The van der Waals surface area contributed by atoms with Crippen LogP contribution in [-0.4, -0.2) is 0 Å². The second-order valence-corrected chi connectivity index (χ2v) is 29.0. The van der Waals surface area contributed by atoms with Gasteiger partial charge in [0.1, 0.15) is 22.7 Å². The van der Waals surface area contributed by atoms with Gasteiger partial charge in [0.2, 0.25) is 0 Å². The van der Waals surface area contributed by atoms with Crippen LogP contribution in [0.2, 0.25) is 0 Å². The molecule has 4 nitrogen and oxygen atoms in total. The summed E-state index contributed by atoms with van der Waals surface area (Å²) in [4.78, 5) is 4.93. The highest BCUT2D eigenvalue weighted by molar-refractivity contribution is 6.22. The molecule has 0 spiro atoms. The zero-order chi connectivity index (χ0) is 63.2. The summed E-state index contributed by atoms with van der Waals surface area (Å²) in [6.45, 7) is 27.3. The van der Waals surface area contributed by atoms with E-state index in [2.05, 4.69) is 360 Å². The van der Waals surface area contributed by atoms with E-state index in [9.17, 15) is 0 Å². The van der Waals surface area contributed by atoms with Crippen LogP contribution in [0.5, 0.6) is 11.5 Å². The van der Waals surface area contributed by atoms with E-state index in [4.69, 9.17) is 9.15 Å². The third-order valence-electron chi connectivity index (χ3n) is 18.8. The lowest BCUT2D eigenvalue weighted by Gasteiger charge is -2.36. The van der Waals surface area contributed by atoms with Crippen LogP contribution in [0.3, 0.4) is 0 Å². The first-order valence-corrected chi connectivity index (χ1v) is 32.2. The maximum atomic E-state index is 7.62. The van der Waals surface area contributed by atoms with Gasteiger partial charge in [0.25, 0.3) is 0 Å². The van der Waals surface area contributed by atoms with E-state index in [1.807, 2.05) is 0 Å². The van der Waals surface area contributed by atoms with Crippen LogP contribution in [-0.2, 0) is 27.1 Å². The molecule has 91 heavy (non-hydrogen) atoms. The lowest BCUT2D eigenvalue weighted by Crippen LogP contribution is -2.29. The van der Waals surface area contributed by atoms with Crippen molar-refractivity contribution in [2.75, 3.05) is 9.80 Å². The fourth-order valence-electron chi connectivity index (χ4n) is 13.9. The number of nitrogens with zero attached hydrogens (tertiary/aromatic N) is 2. The second kappa shape index (κ2) is 22.2. The standard InChI is InChI=1S/C87H80N2O2/c1-83(2,3)59-35-31-57(32-36-59)58-33-37-63(38-34-58)87(64-45-53-70(54-46-64)90-69-51-43-62(44-52-69)86(10,11)12)74-55-76(88(65-23-15-13-16-24-65)67-47-39-60(40-48-67)84(4,5)6)71-27-19-20-28-72(71)79(74)81-75(87)56-77(80-73-29-21-22-30-78(73)91-82(80)81)89(66-25-17-14-18-26-66)68-49-41-61(42-50-68)85(7,8)9/h13-56H,1-12H3. The molecule has 4 heteroatoms. The van der Waals surface area contributed by atoms with Crippen molar-refractivity contribution in [3.63, 3.8) is 0 Å². The van der Waals surface area contributed by atoms with Crippen LogP contribution in [0.1, 0.15) is 128 Å². The molecule has 1 atom stereocenters. The maximum absolute atomic E-state index is 7.62. The van der Waals surface area contributed by atoms with Gasteiger partial charge in [-0.1, -0.05) is 259 Å². The minimum Gasteiger partial charge on any atom is -0.457 e. The molecule has 0 bridgehead atoms. The van der Waals surface area contributed by atoms with Crippen molar-refractivity contribution in [3.05, 3.63) is 311 Å². The Morgan fingerprint density at radius 2 is 0.670 bits per heavy atom. The van der Waals surface area contributed by atoms with Crippen molar-refractivity contribution in [1.29, 1.82) is 0 Å². The number of ether oxygens (including phenoxy) is 1. The number of para-hydroxylation sites is 3. The molecule has 14 rings (SSSR count). The number of furan rings is 1. The van der Waals surface area contributed by atoms with Gasteiger partial charge < -0.3 is 19.0 Å². The summed E-state index contributed by atoms with van der Waals surface area (Å²) >= 11 is 0. The minimum atomic E-state index is -0.982. The molecule has 0 saturated heterocycles. The van der Waals surface area contributed by atoms with Gasteiger partial charge in [-0.25, -0.2) is 0 Å². The average Bonchev–Trinajstić information content (AvgIpc) is 1.51. The number of fused-ring (bicyclic) bond motifs is 9. The van der Waals surface area contributed by atoms with Crippen LogP contribution in [0, 0.1) is 0 Å². The monoisotopic (exact) mass is 1180 g/mol. The van der Waals surface area contributed by atoms with Crippen molar-refractivity contribution >= 4 is 66.8 Å².